The quantitative estimate of drug-likeness (QED) is 0.399. The first-order valence-corrected chi connectivity index (χ1v) is 8.12. The highest BCUT2D eigenvalue weighted by atomic mass is 32.1. The van der Waals surface area contributed by atoms with Crippen LogP contribution in [0.5, 0.6) is 0 Å². The van der Waals surface area contributed by atoms with Gasteiger partial charge < -0.3 is 0 Å². The van der Waals surface area contributed by atoms with Gasteiger partial charge in [0, 0.05) is 5.39 Å². The van der Waals surface area contributed by atoms with Crippen LogP contribution in [0.4, 0.5) is 0 Å². The number of hydrogen-bond donors (Lipinski definition) is 0. The second kappa shape index (κ2) is 7.72. The Morgan fingerprint density at radius 3 is 2.19 bits per heavy atom. The van der Waals surface area contributed by atoms with E-state index in [2.05, 4.69) is 40.7 Å². The summed E-state index contributed by atoms with van der Waals surface area (Å²) in [6, 6.07) is 20.6. The molecule has 0 saturated carbocycles. The Labute approximate surface area is 133 Å². The van der Waals surface area contributed by atoms with Crippen molar-refractivity contribution >= 4 is 33.6 Å². The Bertz CT molecular complexity index is 742. The molecule has 0 aliphatic heterocycles. The van der Waals surface area contributed by atoms with Gasteiger partial charge in [-0.25, -0.2) is 4.98 Å². The Morgan fingerprint density at radius 1 is 0.714 bits per heavy atom. The average Bonchev–Trinajstić information content (AvgIpc) is 3.22. The molecule has 1 nitrogen and oxygen atoms in total. The predicted octanol–water partition coefficient (Wildman–Crippen LogP) is 6.35. The number of nitrogens with zero attached hydrogens (tertiary/aromatic N) is 1. The van der Waals surface area contributed by atoms with Gasteiger partial charge in [-0.3, -0.25) is 0 Å². The molecule has 4 aromatic rings. The molecule has 0 unspecified atom stereocenters. The molecule has 0 saturated heterocycles. The lowest BCUT2D eigenvalue weighted by Gasteiger charge is -1.99. The fourth-order valence-electron chi connectivity index (χ4n) is 1.85. The van der Waals surface area contributed by atoms with Gasteiger partial charge in [-0.1, -0.05) is 49.9 Å². The van der Waals surface area contributed by atoms with E-state index >= 15 is 0 Å². The van der Waals surface area contributed by atoms with Crippen molar-refractivity contribution in [2.75, 3.05) is 0 Å². The predicted molar refractivity (Wildman–Crippen MR) is 96.1 cm³/mol. The molecule has 0 atom stereocenters. The van der Waals surface area contributed by atoms with E-state index in [9.17, 15) is 0 Å². The molecule has 0 bridgehead atoms. The highest BCUT2D eigenvalue weighted by Crippen LogP contribution is 2.24. The lowest BCUT2D eigenvalue weighted by atomic mass is 10.2. The largest absolute Gasteiger partial charge is 0.247 e. The maximum absolute atomic E-state index is 4.63. The van der Waals surface area contributed by atoms with Crippen LogP contribution in [-0.2, 0) is 0 Å². The van der Waals surface area contributed by atoms with Crippen molar-refractivity contribution in [2.24, 2.45) is 0 Å². The first kappa shape index (κ1) is 15.4. The van der Waals surface area contributed by atoms with Crippen LogP contribution >= 0.6 is 22.7 Å². The Kier molecular flexibility index (Phi) is 5.67. The Morgan fingerprint density at radius 2 is 1.52 bits per heavy atom. The summed E-state index contributed by atoms with van der Waals surface area (Å²) >= 11 is 3.44. The smallest absolute Gasteiger partial charge is 0.0809 e. The molecule has 21 heavy (non-hydrogen) atoms. The van der Waals surface area contributed by atoms with E-state index in [1.165, 1.54) is 10.3 Å². The molecule has 106 valence electrons. The van der Waals surface area contributed by atoms with Crippen molar-refractivity contribution in [3.63, 3.8) is 0 Å². The van der Waals surface area contributed by atoms with Crippen molar-refractivity contribution in [2.45, 2.75) is 7.43 Å². The summed E-state index contributed by atoms with van der Waals surface area (Å²) in [5.74, 6) is 0. The normalized spacial score (nSPS) is 9.52. The van der Waals surface area contributed by atoms with Crippen molar-refractivity contribution in [3.05, 3.63) is 76.8 Å². The molecule has 1 aromatic carbocycles. The lowest BCUT2D eigenvalue weighted by molar-refractivity contribution is 1.42. The third-order valence-electron chi connectivity index (χ3n) is 2.80. The zero-order valence-corrected chi connectivity index (χ0v) is 12.4. The van der Waals surface area contributed by atoms with Crippen LogP contribution in [-0.4, -0.2) is 4.98 Å². The van der Waals surface area contributed by atoms with Crippen LogP contribution in [0.2, 0.25) is 0 Å². The second-order valence-electron chi connectivity index (χ2n) is 4.16. The molecule has 3 heterocycles. The maximum atomic E-state index is 4.63. The summed E-state index contributed by atoms with van der Waals surface area (Å²) < 4.78 is 0. The van der Waals surface area contributed by atoms with Gasteiger partial charge in [0.25, 0.3) is 0 Å². The number of pyridine rings is 1. The summed E-state index contributed by atoms with van der Waals surface area (Å²) in [6.07, 6.45) is 0. The van der Waals surface area contributed by atoms with Crippen LogP contribution in [0, 0.1) is 0 Å². The zero-order chi connectivity index (χ0) is 13.6. The Hall–Kier alpha value is -1.97. The first-order chi connectivity index (χ1) is 9.93. The maximum Gasteiger partial charge on any atom is 0.0809 e. The highest BCUT2D eigenvalue weighted by molar-refractivity contribution is 7.13. The molecule has 0 radical (unpaired) electrons. The summed E-state index contributed by atoms with van der Waals surface area (Å²) in [5, 5.41) is 7.35. The van der Waals surface area contributed by atoms with Crippen molar-refractivity contribution in [3.8, 4) is 10.6 Å². The van der Waals surface area contributed by atoms with Gasteiger partial charge in [0.05, 0.1) is 16.1 Å². The lowest BCUT2D eigenvalue weighted by Crippen LogP contribution is -1.81. The van der Waals surface area contributed by atoms with Gasteiger partial charge >= 0.3 is 0 Å². The zero-order valence-electron chi connectivity index (χ0n) is 10.8. The SMILES string of the molecule is C.c1ccsc1.c1csc(-c2ccc3ccccc3n2)c1. The van der Waals surface area contributed by atoms with Crippen LogP contribution in [0.25, 0.3) is 21.5 Å². The fraction of sp³-hybridized carbons (Fsp3) is 0.0556. The van der Waals surface area contributed by atoms with Crippen molar-refractivity contribution < 1.29 is 0 Å². The average molecular weight is 311 g/mol. The molecular weight excluding hydrogens is 294 g/mol. The molecule has 0 aliphatic carbocycles. The molecule has 0 aliphatic rings. The topological polar surface area (TPSA) is 12.9 Å². The van der Waals surface area contributed by atoms with Crippen LogP contribution in [0.15, 0.2) is 76.8 Å². The minimum Gasteiger partial charge on any atom is -0.247 e. The van der Waals surface area contributed by atoms with Crippen molar-refractivity contribution in [1.29, 1.82) is 0 Å². The molecule has 0 amide bonds. The first-order valence-electron chi connectivity index (χ1n) is 6.30. The van der Waals surface area contributed by atoms with E-state index in [0.29, 0.717) is 0 Å². The molecule has 4 rings (SSSR count). The standard InChI is InChI=1S/C13H9NS.C4H4S.CH4/c1-2-5-11-10(4-1)7-8-12(14-11)13-6-3-9-15-13;1-2-4-5-3-1;/h1-9H;1-4H;1H4. The number of thiophene rings is 2. The van der Waals surface area contributed by atoms with Crippen LogP contribution in [0.1, 0.15) is 7.43 Å². The van der Waals surface area contributed by atoms with Gasteiger partial charge in [-0.05, 0) is 34.3 Å². The number of fused-ring (bicyclic) bond motifs is 1. The summed E-state index contributed by atoms with van der Waals surface area (Å²) in [5.41, 5.74) is 2.12. The molecule has 0 spiro atoms. The van der Waals surface area contributed by atoms with Crippen LogP contribution in [0.3, 0.4) is 0 Å². The van der Waals surface area contributed by atoms with Gasteiger partial charge in [0.1, 0.15) is 0 Å². The summed E-state index contributed by atoms with van der Waals surface area (Å²) in [6.45, 7) is 0. The van der Waals surface area contributed by atoms with E-state index in [1.54, 1.807) is 22.7 Å². The highest BCUT2D eigenvalue weighted by Gasteiger charge is 2.00. The Balaban J connectivity index is 0.000000231. The number of benzene rings is 1. The third-order valence-corrected chi connectivity index (χ3v) is 4.32. The molecule has 3 aromatic heterocycles. The summed E-state index contributed by atoms with van der Waals surface area (Å²) in [4.78, 5) is 5.85. The van der Waals surface area contributed by atoms with Gasteiger partial charge in [-0.15, -0.1) is 11.3 Å². The monoisotopic (exact) mass is 311 g/mol. The number of para-hydroxylation sites is 1. The van der Waals surface area contributed by atoms with Gasteiger partial charge in [0.15, 0.2) is 0 Å². The minimum atomic E-state index is 0. The van der Waals surface area contributed by atoms with E-state index in [0.717, 1.165) is 11.2 Å². The number of aromatic nitrogens is 1. The van der Waals surface area contributed by atoms with E-state index in [4.69, 9.17) is 0 Å². The number of hydrogen-bond acceptors (Lipinski definition) is 3. The summed E-state index contributed by atoms with van der Waals surface area (Å²) in [7, 11) is 0. The van der Waals surface area contributed by atoms with E-state index < -0.39 is 0 Å². The van der Waals surface area contributed by atoms with E-state index in [1.807, 2.05) is 41.1 Å². The minimum absolute atomic E-state index is 0. The molecule has 3 heteroatoms. The number of rotatable bonds is 1. The third kappa shape index (κ3) is 4.00. The van der Waals surface area contributed by atoms with E-state index in [-0.39, 0.29) is 7.43 Å². The van der Waals surface area contributed by atoms with Gasteiger partial charge in [-0.2, -0.15) is 11.3 Å². The van der Waals surface area contributed by atoms with Gasteiger partial charge in [0.2, 0.25) is 0 Å². The molecule has 0 fully saturated rings. The fourth-order valence-corrected chi connectivity index (χ4v) is 3.00. The molecule has 0 N–H and O–H groups in total. The van der Waals surface area contributed by atoms with Crippen LogP contribution < -0.4 is 0 Å². The van der Waals surface area contributed by atoms with Crippen molar-refractivity contribution in [1.82, 2.24) is 4.98 Å². The second-order valence-corrected chi connectivity index (χ2v) is 5.92. The molecular formula is C18H17NS2.